The molecule has 4 nitrogen and oxygen atoms in total. The second-order valence-electron chi connectivity index (χ2n) is 4.37. The maximum atomic E-state index is 11.6. The van der Waals surface area contributed by atoms with E-state index in [-0.39, 0.29) is 12.5 Å². The first kappa shape index (κ1) is 16.1. The third kappa shape index (κ3) is 7.97. The van der Waals surface area contributed by atoms with E-state index in [1.807, 2.05) is 24.3 Å². The van der Waals surface area contributed by atoms with Crippen molar-refractivity contribution in [1.29, 1.82) is 0 Å². The van der Waals surface area contributed by atoms with Crippen molar-refractivity contribution in [3.63, 3.8) is 0 Å². The SMILES string of the molecule is O=C(CNCCCCCCO)Nc1ccc(Br)cc1. The van der Waals surface area contributed by atoms with Crippen LogP contribution < -0.4 is 10.6 Å². The summed E-state index contributed by atoms with van der Waals surface area (Å²) in [5.41, 5.74) is 0.804. The van der Waals surface area contributed by atoms with E-state index < -0.39 is 0 Å². The average Bonchev–Trinajstić information content (AvgIpc) is 2.40. The molecular weight excluding hydrogens is 308 g/mol. The predicted octanol–water partition coefficient (Wildman–Crippen LogP) is 2.53. The van der Waals surface area contributed by atoms with Crippen LogP contribution in [0.5, 0.6) is 0 Å². The van der Waals surface area contributed by atoms with E-state index in [2.05, 4.69) is 26.6 Å². The molecule has 1 amide bonds. The summed E-state index contributed by atoms with van der Waals surface area (Å²) < 4.78 is 0.992. The normalized spacial score (nSPS) is 10.4. The molecule has 0 heterocycles. The van der Waals surface area contributed by atoms with E-state index in [0.29, 0.717) is 6.54 Å². The largest absolute Gasteiger partial charge is 0.396 e. The molecule has 0 spiro atoms. The van der Waals surface area contributed by atoms with E-state index in [9.17, 15) is 4.79 Å². The molecule has 1 rings (SSSR count). The van der Waals surface area contributed by atoms with Crippen LogP contribution in [0.2, 0.25) is 0 Å². The topological polar surface area (TPSA) is 61.4 Å². The number of unbranched alkanes of at least 4 members (excludes halogenated alkanes) is 3. The molecule has 106 valence electrons. The number of carbonyl (C=O) groups excluding carboxylic acids is 1. The number of hydrogen-bond donors (Lipinski definition) is 3. The number of aliphatic hydroxyl groups is 1. The van der Waals surface area contributed by atoms with Crippen molar-refractivity contribution in [3.8, 4) is 0 Å². The fourth-order valence-corrected chi connectivity index (χ4v) is 1.92. The summed E-state index contributed by atoms with van der Waals surface area (Å²) in [7, 11) is 0. The molecule has 0 unspecified atom stereocenters. The molecule has 0 aromatic heterocycles. The zero-order valence-electron chi connectivity index (χ0n) is 11.0. The van der Waals surface area contributed by atoms with Crippen molar-refractivity contribution in [2.45, 2.75) is 25.7 Å². The molecule has 19 heavy (non-hydrogen) atoms. The predicted molar refractivity (Wildman–Crippen MR) is 81.2 cm³/mol. The molecule has 0 fully saturated rings. The third-order valence-corrected chi connectivity index (χ3v) is 3.20. The Hall–Kier alpha value is -0.910. The number of nitrogens with one attached hydrogen (secondary N) is 2. The number of anilines is 1. The molecule has 0 aliphatic heterocycles. The fraction of sp³-hybridized carbons (Fsp3) is 0.500. The van der Waals surface area contributed by atoms with Gasteiger partial charge in [0.05, 0.1) is 6.54 Å². The van der Waals surface area contributed by atoms with E-state index in [1.54, 1.807) is 0 Å². The van der Waals surface area contributed by atoms with E-state index in [0.717, 1.165) is 42.4 Å². The molecule has 0 aliphatic rings. The van der Waals surface area contributed by atoms with Gasteiger partial charge in [-0.05, 0) is 43.7 Å². The second kappa shape index (κ2) is 9.95. The monoisotopic (exact) mass is 328 g/mol. The van der Waals surface area contributed by atoms with Crippen LogP contribution in [0.1, 0.15) is 25.7 Å². The number of halogens is 1. The molecule has 0 bridgehead atoms. The van der Waals surface area contributed by atoms with Gasteiger partial charge in [-0.25, -0.2) is 0 Å². The summed E-state index contributed by atoms with van der Waals surface area (Å²) in [6, 6.07) is 7.50. The maximum Gasteiger partial charge on any atom is 0.238 e. The summed E-state index contributed by atoms with van der Waals surface area (Å²) in [6.07, 6.45) is 4.03. The highest BCUT2D eigenvalue weighted by molar-refractivity contribution is 9.10. The molecule has 0 aliphatic carbocycles. The third-order valence-electron chi connectivity index (χ3n) is 2.68. The standard InChI is InChI=1S/C14H21BrN2O2/c15-12-5-7-13(8-6-12)17-14(19)11-16-9-3-1-2-4-10-18/h5-8,16,18H,1-4,9-11H2,(H,17,19). The Morgan fingerprint density at radius 2 is 1.79 bits per heavy atom. The molecule has 0 radical (unpaired) electrons. The summed E-state index contributed by atoms with van der Waals surface area (Å²) >= 11 is 3.35. The minimum absolute atomic E-state index is 0.0299. The molecule has 3 N–H and O–H groups in total. The summed E-state index contributed by atoms with van der Waals surface area (Å²) in [5, 5.41) is 14.6. The first-order valence-corrected chi connectivity index (χ1v) is 7.38. The number of aliphatic hydroxyl groups excluding tert-OH is 1. The van der Waals surface area contributed by atoms with Gasteiger partial charge in [-0.1, -0.05) is 28.8 Å². The summed E-state index contributed by atoms with van der Waals surface area (Å²) in [5.74, 6) is -0.0299. The van der Waals surface area contributed by atoms with Crippen LogP contribution in [0, 0.1) is 0 Å². The van der Waals surface area contributed by atoms with E-state index >= 15 is 0 Å². The second-order valence-corrected chi connectivity index (χ2v) is 5.29. The summed E-state index contributed by atoms with van der Waals surface area (Å²) in [4.78, 5) is 11.6. The average molecular weight is 329 g/mol. The first-order valence-electron chi connectivity index (χ1n) is 6.59. The van der Waals surface area contributed by atoms with Crippen LogP contribution in [0.15, 0.2) is 28.7 Å². The van der Waals surface area contributed by atoms with Crippen LogP contribution in [0.25, 0.3) is 0 Å². The van der Waals surface area contributed by atoms with Gasteiger partial charge in [0.2, 0.25) is 5.91 Å². The van der Waals surface area contributed by atoms with Crippen LogP contribution in [-0.4, -0.2) is 30.7 Å². The number of rotatable bonds is 9. The van der Waals surface area contributed by atoms with E-state index in [1.165, 1.54) is 0 Å². The van der Waals surface area contributed by atoms with Gasteiger partial charge in [0.15, 0.2) is 0 Å². The zero-order valence-corrected chi connectivity index (χ0v) is 12.6. The lowest BCUT2D eigenvalue weighted by Crippen LogP contribution is -2.28. The van der Waals surface area contributed by atoms with Crippen molar-refractivity contribution in [2.24, 2.45) is 0 Å². The van der Waals surface area contributed by atoms with Crippen LogP contribution in [0.4, 0.5) is 5.69 Å². The summed E-state index contributed by atoms with van der Waals surface area (Å²) in [6.45, 7) is 1.43. The minimum atomic E-state index is -0.0299. The van der Waals surface area contributed by atoms with Crippen LogP contribution in [-0.2, 0) is 4.79 Å². The number of carbonyl (C=O) groups is 1. The van der Waals surface area contributed by atoms with Crippen molar-refractivity contribution < 1.29 is 9.90 Å². The Bertz CT molecular complexity index is 368. The Balaban J connectivity index is 2.06. The van der Waals surface area contributed by atoms with Crippen molar-refractivity contribution in [1.82, 2.24) is 5.32 Å². The highest BCUT2D eigenvalue weighted by atomic mass is 79.9. The van der Waals surface area contributed by atoms with Crippen molar-refractivity contribution in [2.75, 3.05) is 25.0 Å². The lowest BCUT2D eigenvalue weighted by atomic mass is 10.2. The molecule has 0 atom stereocenters. The van der Waals surface area contributed by atoms with Crippen LogP contribution in [0.3, 0.4) is 0 Å². The Kier molecular flexibility index (Phi) is 8.45. The molecular formula is C14H21BrN2O2. The Labute approximate surface area is 122 Å². The molecule has 1 aromatic carbocycles. The van der Waals surface area contributed by atoms with Gasteiger partial charge in [0, 0.05) is 16.8 Å². The molecule has 5 heteroatoms. The quantitative estimate of drug-likeness (QED) is 0.610. The van der Waals surface area contributed by atoms with Crippen molar-refractivity contribution >= 4 is 27.5 Å². The van der Waals surface area contributed by atoms with Crippen LogP contribution >= 0.6 is 15.9 Å². The van der Waals surface area contributed by atoms with Gasteiger partial charge >= 0.3 is 0 Å². The lowest BCUT2D eigenvalue weighted by Gasteiger charge is -2.06. The van der Waals surface area contributed by atoms with Gasteiger partial charge in [-0.15, -0.1) is 0 Å². The smallest absolute Gasteiger partial charge is 0.238 e. The van der Waals surface area contributed by atoms with Gasteiger partial charge in [-0.3, -0.25) is 4.79 Å². The molecule has 0 saturated heterocycles. The highest BCUT2D eigenvalue weighted by Gasteiger charge is 2.01. The van der Waals surface area contributed by atoms with Gasteiger partial charge < -0.3 is 15.7 Å². The Morgan fingerprint density at radius 1 is 1.11 bits per heavy atom. The number of hydrogen-bond acceptors (Lipinski definition) is 3. The van der Waals surface area contributed by atoms with Gasteiger partial charge in [-0.2, -0.15) is 0 Å². The van der Waals surface area contributed by atoms with Crippen molar-refractivity contribution in [3.05, 3.63) is 28.7 Å². The van der Waals surface area contributed by atoms with E-state index in [4.69, 9.17) is 5.11 Å². The lowest BCUT2D eigenvalue weighted by molar-refractivity contribution is -0.115. The zero-order chi connectivity index (χ0) is 13.9. The number of amides is 1. The van der Waals surface area contributed by atoms with Gasteiger partial charge in [0.1, 0.15) is 0 Å². The molecule has 0 saturated carbocycles. The highest BCUT2D eigenvalue weighted by Crippen LogP contribution is 2.13. The first-order chi connectivity index (χ1) is 9.22. The fourth-order valence-electron chi connectivity index (χ4n) is 1.66. The minimum Gasteiger partial charge on any atom is -0.396 e. The Morgan fingerprint density at radius 3 is 2.47 bits per heavy atom. The number of benzene rings is 1. The van der Waals surface area contributed by atoms with Gasteiger partial charge in [0.25, 0.3) is 0 Å². The molecule has 1 aromatic rings. The maximum absolute atomic E-state index is 11.6.